The van der Waals surface area contributed by atoms with Gasteiger partial charge in [-0.2, -0.15) is 0 Å². The Kier molecular flexibility index (Phi) is 5.04. The number of anilines is 3. The molecule has 2 fully saturated rings. The summed E-state index contributed by atoms with van der Waals surface area (Å²) in [5.74, 6) is 1.55. The normalized spacial score (nSPS) is 19.4. The molecule has 27 heavy (non-hydrogen) atoms. The largest absolute Gasteiger partial charge is 0.356 e. The first-order valence-corrected chi connectivity index (χ1v) is 9.32. The number of halogens is 1. The summed E-state index contributed by atoms with van der Waals surface area (Å²) in [6, 6.07) is 7.50. The fraction of sp³-hybridized carbons (Fsp3) is 0.421. The number of hydrogen-bond donors (Lipinski definition) is 2. The van der Waals surface area contributed by atoms with Gasteiger partial charge in [-0.25, -0.2) is 19.2 Å². The predicted molar refractivity (Wildman–Crippen MR) is 103 cm³/mol. The highest BCUT2D eigenvalue weighted by molar-refractivity contribution is 5.89. The summed E-state index contributed by atoms with van der Waals surface area (Å²) >= 11 is 0. The van der Waals surface area contributed by atoms with E-state index in [1.165, 1.54) is 37.1 Å². The van der Waals surface area contributed by atoms with Crippen molar-refractivity contribution in [1.82, 2.24) is 15.3 Å². The van der Waals surface area contributed by atoms with Crippen LogP contribution in [0.15, 0.2) is 36.7 Å². The van der Waals surface area contributed by atoms with Crippen molar-refractivity contribution in [2.24, 2.45) is 0 Å². The van der Waals surface area contributed by atoms with Gasteiger partial charge in [0, 0.05) is 44.0 Å². The Morgan fingerprint density at radius 2 is 1.74 bits per heavy atom. The number of carbonyl (C=O) groups is 1. The molecule has 1 aromatic carbocycles. The molecule has 2 saturated heterocycles. The summed E-state index contributed by atoms with van der Waals surface area (Å²) < 4.78 is 12.9. The fourth-order valence-corrected chi connectivity index (χ4v) is 3.60. The Balaban J connectivity index is 1.32. The number of amides is 2. The molecular formula is C19H23FN6O. The highest BCUT2D eigenvalue weighted by Crippen LogP contribution is 2.24. The van der Waals surface area contributed by atoms with Crippen LogP contribution in [0.2, 0.25) is 0 Å². The van der Waals surface area contributed by atoms with Gasteiger partial charge in [0.25, 0.3) is 0 Å². The number of carbonyl (C=O) groups excluding carboxylic acids is 1. The Labute approximate surface area is 157 Å². The van der Waals surface area contributed by atoms with Crippen LogP contribution >= 0.6 is 0 Å². The van der Waals surface area contributed by atoms with Crippen LogP contribution in [0.25, 0.3) is 0 Å². The summed E-state index contributed by atoms with van der Waals surface area (Å²) in [6.07, 6.45) is 4.88. The summed E-state index contributed by atoms with van der Waals surface area (Å²) in [7, 11) is 0. The van der Waals surface area contributed by atoms with E-state index in [1.807, 2.05) is 6.07 Å². The molecule has 2 N–H and O–H groups in total. The standard InChI is InChI=1S/C19H23FN6O/c20-14-3-5-15(6-4-14)23-19(27)24-16-7-10-26(12-16)18-11-17(21-13-22-18)25-8-1-2-9-25/h3-6,11,13,16H,1-2,7-10,12H2,(H2,23,24,27). The molecule has 0 spiro atoms. The first-order chi connectivity index (χ1) is 13.2. The highest BCUT2D eigenvalue weighted by Gasteiger charge is 2.25. The lowest BCUT2D eigenvalue weighted by Gasteiger charge is -2.21. The Morgan fingerprint density at radius 3 is 2.48 bits per heavy atom. The summed E-state index contributed by atoms with van der Waals surface area (Å²) in [6.45, 7) is 3.62. The minimum atomic E-state index is -0.328. The van der Waals surface area contributed by atoms with Crippen molar-refractivity contribution < 1.29 is 9.18 Å². The second-order valence-corrected chi connectivity index (χ2v) is 6.97. The van der Waals surface area contributed by atoms with Crippen molar-refractivity contribution in [3.8, 4) is 0 Å². The summed E-state index contributed by atoms with van der Waals surface area (Å²) in [4.78, 5) is 25.4. The van der Waals surface area contributed by atoms with Crippen molar-refractivity contribution in [3.63, 3.8) is 0 Å². The number of nitrogens with zero attached hydrogens (tertiary/aromatic N) is 4. The quantitative estimate of drug-likeness (QED) is 0.866. The van der Waals surface area contributed by atoms with Gasteiger partial charge in [-0.15, -0.1) is 0 Å². The highest BCUT2D eigenvalue weighted by atomic mass is 19.1. The summed E-state index contributed by atoms with van der Waals surface area (Å²) in [5, 5.41) is 5.70. The average molecular weight is 370 g/mol. The zero-order valence-electron chi connectivity index (χ0n) is 15.1. The molecule has 0 radical (unpaired) electrons. The monoisotopic (exact) mass is 370 g/mol. The van der Waals surface area contributed by atoms with Gasteiger partial charge in [-0.05, 0) is 43.5 Å². The van der Waals surface area contributed by atoms with Crippen LogP contribution in [-0.4, -0.2) is 48.2 Å². The molecule has 7 nitrogen and oxygen atoms in total. The molecule has 142 valence electrons. The lowest BCUT2D eigenvalue weighted by molar-refractivity contribution is 0.249. The Hall–Kier alpha value is -2.90. The van der Waals surface area contributed by atoms with Gasteiger partial charge in [0.2, 0.25) is 0 Å². The van der Waals surface area contributed by atoms with Crippen LogP contribution in [0.4, 0.5) is 26.5 Å². The molecule has 4 rings (SSSR count). The van der Waals surface area contributed by atoms with E-state index in [0.29, 0.717) is 12.2 Å². The lowest BCUT2D eigenvalue weighted by Crippen LogP contribution is -2.39. The van der Waals surface area contributed by atoms with Gasteiger partial charge < -0.3 is 20.4 Å². The van der Waals surface area contributed by atoms with Crippen LogP contribution in [0.3, 0.4) is 0 Å². The van der Waals surface area contributed by atoms with Gasteiger partial charge in [-0.3, -0.25) is 0 Å². The first-order valence-electron chi connectivity index (χ1n) is 9.32. The van der Waals surface area contributed by atoms with E-state index in [0.717, 1.165) is 37.7 Å². The molecule has 0 aliphatic carbocycles. The third-order valence-electron chi connectivity index (χ3n) is 5.02. The molecule has 1 atom stereocenters. The van der Waals surface area contributed by atoms with E-state index in [4.69, 9.17) is 0 Å². The SMILES string of the molecule is O=C(Nc1ccc(F)cc1)NC1CCN(c2cc(N3CCCC3)ncn2)C1. The number of nitrogens with one attached hydrogen (secondary N) is 2. The van der Waals surface area contributed by atoms with Gasteiger partial charge in [0.15, 0.2) is 0 Å². The van der Waals surface area contributed by atoms with Crippen molar-refractivity contribution in [2.75, 3.05) is 41.3 Å². The van der Waals surface area contributed by atoms with Crippen LogP contribution < -0.4 is 20.4 Å². The van der Waals surface area contributed by atoms with Gasteiger partial charge in [-0.1, -0.05) is 0 Å². The number of hydrogen-bond acceptors (Lipinski definition) is 5. The van der Waals surface area contributed by atoms with Crippen LogP contribution in [0.1, 0.15) is 19.3 Å². The minimum Gasteiger partial charge on any atom is -0.356 e. The van der Waals surface area contributed by atoms with Crippen molar-refractivity contribution in [1.29, 1.82) is 0 Å². The third kappa shape index (κ3) is 4.27. The average Bonchev–Trinajstić information content (AvgIpc) is 3.36. The minimum absolute atomic E-state index is 0.0376. The second-order valence-electron chi connectivity index (χ2n) is 6.97. The molecule has 3 heterocycles. The maximum atomic E-state index is 12.9. The number of rotatable bonds is 4. The molecule has 0 bridgehead atoms. The predicted octanol–water partition coefficient (Wildman–Crippen LogP) is 2.62. The third-order valence-corrected chi connectivity index (χ3v) is 5.02. The van der Waals surface area contributed by atoms with Crippen molar-refractivity contribution in [2.45, 2.75) is 25.3 Å². The molecule has 8 heteroatoms. The van der Waals surface area contributed by atoms with Crippen LogP contribution in [-0.2, 0) is 0 Å². The molecule has 2 amide bonds. The van der Waals surface area contributed by atoms with Crippen molar-refractivity contribution in [3.05, 3.63) is 42.5 Å². The number of urea groups is 1. The molecule has 1 unspecified atom stereocenters. The summed E-state index contributed by atoms with van der Waals surface area (Å²) in [5.41, 5.74) is 0.565. The molecule has 0 saturated carbocycles. The first kappa shape index (κ1) is 17.5. The molecule has 2 aromatic rings. The zero-order valence-corrected chi connectivity index (χ0v) is 15.1. The molecular weight excluding hydrogens is 347 g/mol. The van der Waals surface area contributed by atoms with E-state index in [9.17, 15) is 9.18 Å². The van der Waals surface area contributed by atoms with Crippen molar-refractivity contribution >= 4 is 23.4 Å². The van der Waals surface area contributed by atoms with Gasteiger partial charge >= 0.3 is 6.03 Å². The van der Waals surface area contributed by atoms with Crippen LogP contribution in [0.5, 0.6) is 0 Å². The zero-order chi connectivity index (χ0) is 18.6. The van der Waals surface area contributed by atoms with E-state index in [-0.39, 0.29) is 17.9 Å². The molecule has 1 aromatic heterocycles. The lowest BCUT2D eigenvalue weighted by atomic mass is 10.3. The Morgan fingerprint density at radius 1 is 1.04 bits per heavy atom. The van der Waals surface area contributed by atoms with Gasteiger partial charge in [0.05, 0.1) is 0 Å². The van der Waals surface area contributed by atoms with E-state index < -0.39 is 0 Å². The second kappa shape index (κ2) is 7.77. The fourth-order valence-electron chi connectivity index (χ4n) is 3.60. The maximum Gasteiger partial charge on any atom is 0.319 e. The van der Waals surface area contributed by atoms with E-state index in [2.05, 4.69) is 30.4 Å². The van der Waals surface area contributed by atoms with Gasteiger partial charge in [0.1, 0.15) is 23.8 Å². The smallest absolute Gasteiger partial charge is 0.319 e. The van der Waals surface area contributed by atoms with E-state index >= 15 is 0 Å². The number of aromatic nitrogens is 2. The molecule has 2 aliphatic rings. The van der Waals surface area contributed by atoms with Crippen LogP contribution in [0, 0.1) is 5.82 Å². The maximum absolute atomic E-state index is 12.9. The number of benzene rings is 1. The Bertz CT molecular complexity index is 793. The topological polar surface area (TPSA) is 73.4 Å². The van der Waals surface area contributed by atoms with E-state index in [1.54, 1.807) is 6.33 Å². The molecule has 2 aliphatic heterocycles.